The van der Waals surface area contributed by atoms with Gasteiger partial charge in [0, 0.05) is 28.1 Å². The van der Waals surface area contributed by atoms with E-state index in [4.69, 9.17) is 14.9 Å². The van der Waals surface area contributed by atoms with Crippen LogP contribution in [0.3, 0.4) is 0 Å². The quantitative estimate of drug-likeness (QED) is 0.372. The first-order chi connectivity index (χ1) is 14.9. The average molecular weight is 354 g/mol. The molecule has 0 saturated heterocycles. The molecule has 27 heavy (non-hydrogen) atoms. The van der Waals surface area contributed by atoms with Gasteiger partial charge in [0.15, 0.2) is 0 Å². The summed E-state index contributed by atoms with van der Waals surface area (Å²) in [5.74, 6) is 0. The number of aromatic nitrogens is 2. The number of furan rings is 1. The monoisotopic (exact) mass is 354 g/mol. The van der Waals surface area contributed by atoms with E-state index < -0.39 is 0 Å². The molecule has 130 valence electrons. The number of hydrogen-bond donors (Lipinski definition) is 0. The Balaban J connectivity index is 1.77. The molecule has 0 aliphatic heterocycles. The molecule has 3 nitrogen and oxygen atoms in total. The number of pyridine rings is 2. The number of aryl methyl sites for hydroxylation is 2. The topological polar surface area (TPSA) is 38.9 Å². The SMILES string of the molecule is [2H]c1nc(-c2cccc3c2oc2nc(-c4c(C)cccc4C)ccc23)c([2H])c([2H])c1[2H]. The molecule has 5 rings (SSSR count). The first kappa shape index (κ1) is 12.0. The van der Waals surface area contributed by atoms with Crippen molar-refractivity contribution in [2.24, 2.45) is 0 Å². The number of rotatable bonds is 2. The number of nitrogens with zero attached hydrogens (tertiary/aromatic N) is 2. The Morgan fingerprint density at radius 3 is 2.52 bits per heavy atom. The van der Waals surface area contributed by atoms with Gasteiger partial charge in [-0.1, -0.05) is 36.4 Å². The number of hydrogen-bond acceptors (Lipinski definition) is 3. The van der Waals surface area contributed by atoms with Gasteiger partial charge in [-0.25, -0.2) is 4.98 Å². The van der Waals surface area contributed by atoms with Gasteiger partial charge in [0.2, 0.25) is 5.71 Å². The van der Waals surface area contributed by atoms with Crippen LogP contribution in [0.1, 0.15) is 16.6 Å². The first-order valence-electron chi connectivity index (χ1n) is 10.7. The van der Waals surface area contributed by atoms with Gasteiger partial charge in [0.05, 0.1) is 16.9 Å². The highest BCUT2D eigenvalue weighted by Gasteiger charge is 2.15. The molecule has 0 atom stereocenters. The molecule has 0 aliphatic carbocycles. The number of fused-ring (bicyclic) bond motifs is 3. The molecule has 0 radical (unpaired) electrons. The summed E-state index contributed by atoms with van der Waals surface area (Å²) < 4.78 is 38.0. The third-order valence-electron chi connectivity index (χ3n) is 4.82. The molecule has 0 saturated carbocycles. The van der Waals surface area contributed by atoms with E-state index >= 15 is 0 Å². The van der Waals surface area contributed by atoms with Crippen LogP contribution in [0.15, 0.2) is 77.2 Å². The second-order valence-corrected chi connectivity index (χ2v) is 6.55. The van der Waals surface area contributed by atoms with Crippen molar-refractivity contribution in [2.75, 3.05) is 0 Å². The van der Waals surface area contributed by atoms with E-state index in [9.17, 15) is 0 Å². The second kappa shape index (κ2) is 6.06. The predicted octanol–water partition coefficient (Wildman–Crippen LogP) is 6.33. The normalized spacial score (nSPS) is 13.4. The van der Waals surface area contributed by atoms with Gasteiger partial charge in [0.25, 0.3) is 0 Å². The Morgan fingerprint density at radius 2 is 1.67 bits per heavy atom. The van der Waals surface area contributed by atoms with Gasteiger partial charge in [-0.2, -0.15) is 0 Å². The van der Waals surface area contributed by atoms with Crippen molar-refractivity contribution in [3.8, 4) is 22.5 Å². The molecular weight excluding hydrogens is 332 g/mol. The van der Waals surface area contributed by atoms with Gasteiger partial charge < -0.3 is 4.42 Å². The van der Waals surface area contributed by atoms with Crippen LogP contribution in [0.25, 0.3) is 44.6 Å². The summed E-state index contributed by atoms with van der Waals surface area (Å²) in [7, 11) is 0. The summed E-state index contributed by atoms with van der Waals surface area (Å²) in [4.78, 5) is 8.88. The largest absolute Gasteiger partial charge is 0.437 e. The lowest BCUT2D eigenvalue weighted by atomic mass is 9.99. The lowest BCUT2D eigenvalue weighted by Gasteiger charge is -2.08. The fourth-order valence-corrected chi connectivity index (χ4v) is 3.58. The Hall–Kier alpha value is -3.46. The van der Waals surface area contributed by atoms with E-state index in [1.165, 1.54) is 0 Å². The molecule has 0 N–H and O–H groups in total. The molecule has 5 aromatic rings. The summed E-state index contributed by atoms with van der Waals surface area (Å²) in [6, 6.07) is 14.7. The smallest absolute Gasteiger partial charge is 0.227 e. The van der Waals surface area contributed by atoms with E-state index in [-0.39, 0.29) is 30.0 Å². The van der Waals surface area contributed by atoms with Crippen molar-refractivity contribution in [3.05, 3.63) is 84.0 Å². The second-order valence-electron chi connectivity index (χ2n) is 6.55. The molecule has 0 bridgehead atoms. The van der Waals surface area contributed by atoms with Gasteiger partial charge in [-0.15, -0.1) is 0 Å². The van der Waals surface area contributed by atoms with E-state index in [0.717, 1.165) is 33.2 Å². The molecular formula is C24H18N2O. The van der Waals surface area contributed by atoms with Crippen molar-refractivity contribution in [2.45, 2.75) is 13.8 Å². The molecule has 2 aromatic carbocycles. The standard InChI is InChI=1S/C24H18N2O/c1-15-7-5-8-16(2)22(15)21-13-12-18-17-9-6-10-19(20-11-3-4-14-25-20)23(17)27-24(18)26-21/h3-14H,1-2H3/i3D,4D,11D,14D. The third-order valence-corrected chi connectivity index (χ3v) is 4.82. The highest BCUT2D eigenvalue weighted by atomic mass is 16.3. The molecule has 0 unspecified atom stereocenters. The predicted molar refractivity (Wildman–Crippen MR) is 110 cm³/mol. The molecule has 0 amide bonds. The molecule has 3 heteroatoms. The Morgan fingerprint density at radius 1 is 0.852 bits per heavy atom. The summed E-state index contributed by atoms with van der Waals surface area (Å²) in [6.07, 6.45) is -0.334. The first-order valence-corrected chi connectivity index (χ1v) is 8.70. The van der Waals surface area contributed by atoms with E-state index in [2.05, 4.69) is 31.0 Å². The zero-order valence-corrected chi connectivity index (χ0v) is 14.9. The van der Waals surface area contributed by atoms with Crippen molar-refractivity contribution in [3.63, 3.8) is 0 Å². The van der Waals surface area contributed by atoms with Crippen molar-refractivity contribution in [1.82, 2.24) is 9.97 Å². The van der Waals surface area contributed by atoms with Crippen molar-refractivity contribution in [1.29, 1.82) is 0 Å². The van der Waals surface area contributed by atoms with Crippen LogP contribution in [0, 0.1) is 13.8 Å². The lowest BCUT2D eigenvalue weighted by molar-refractivity contribution is 0.655. The van der Waals surface area contributed by atoms with E-state index in [0.29, 0.717) is 16.9 Å². The zero-order chi connectivity index (χ0) is 21.9. The molecule has 0 spiro atoms. The summed E-state index contributed by atoms with van der Waals surface area (Å²) >= 11 is 0. The van der Waals surface area contributed by atoms with Gasteiger partial charge in [-0.3, -0.25) is 4.98 Å². The maximum Gasteiger partial charge on any atom is 0.227 e. The maximum atomic E-state index is 8.26. The molecule has 3 aromatic heterocycles. The van der Waals surface area contributed by atoms with Crippen LogP contribution >= 0.6 is 0 Å². The van der Waals surface area contributed by atoms with Crippen molar-refractivity contribution >= 4 is 22.1 Å². The highest BCUT2D eigenvalue weighted by Crippen LogP contribution is 2.36. The molecule has 0 aliphatic rings. The Labute approximate surface area is 162 Å². The minimum Gasteiger partial charge on any atom is -0.437 e. The fourth-order valence-electron chi connectivity index (χ4n) is 3.58. The van der Waals surface area contributed by atoms with E-state index in [1.807, 2.05) is 30.3 Å². The summed E-state index contributed by atoms with van der Waals surface area (Å²) in [6.45, 7) is 4.11. The van der Waals surface area contributed by atoms with Crippen molar-refractivity contribution < 1.29 is 9.90 Å². The minimum atomic E-state index is -0.356. The summed E-state index contributed by atoms with van der Waals surface area (Å²) in [5, 5.41) is 1.66. The fraction of sp³-hybridized carbons (Fsp3) is 0.0833. The maximum absolute atomic E-state index is 8.26. The average Bonchev–Trinajstić information content (AvgIpc) is 3.13. The van der Waals surface area contributed by atoms with Crippen LogP contribution in [0.4, 0.5) is 0 Å². The van der Waals surface area contributed by atoms with E-state index in [1.54, 1.807) is 6.07 Å². The third kappa shape index (κ3) is 2.51. The lowest BCUT2D eigenvalue weighted by Crippen LogP contribution is -1.90. The van der Waals surface area contributed by atoms with Gasteiger partial charge >= 0.3 is 0 Å². The minimum absolute atomic E-state index is 0.158. The molecule has 3 heterocycles. The highest BCUT2D eigenvalue weighted by molar-refractivity contribution is 6.08. The summed E-state index contributed by atoms with van der Waals surface area (Å²) in [5.41, 5.74) is 5.81. The Kier molecular flexibility index (Phi) is 2.70. The number of benzene rings is 2. The van der Waals surface area contributed by atoms with Crippen LogP contribution in [0.5, 0.6) is 0 Å². The zero-order valence-electron chi connectivity index (χ0n) is 18.9. The van der Waals surface area contributed by atoms with Crippen LogP contribution in [0.2, 0.25) is 0 Å². The number of para-hydroxylation sites is 1. The molecule has 0 fully saturated rings. The Bertz CT molecular complexity index is 1490. The van der Waals surface area contributed by atoms with Crippen LogP contribution in [-0.4, -0.2) is 9.97 Å². The van der Waals surface area contributed by atoms with Crippen LogP contribution in [-0.2, 0) is 0 Å². The van der Waals surface area contributed by atoms with Gasteiger partial charge in [-0.05, 0) is 55.3 Å². The van der Waals surface area contributed by atoms with Gasteiger partial charge in [0.1, 0.15) is 5.58 Å². The van der Waals surface area contributed by atoms with Crippen LogP contribution < -0.4 is 0 Å².